The third kappa shape index (κ3) is 3.76. The molecule has 0 saturated heterocycles. The first-order chi connectivity index (χ1) is 12.5. The molecule has 1 aliphatic rings. The molecule has 0 bridgehead atoms. The van der Waals surface area contributed by atoms with Crippen LogP contribution in [0.5, 0.6) is 5.75 Å². The third-order valence-corrected chi connectivity index (χ3v) is 5.70. The van der Waals surface area contributed by atoms with Gasteiger partial charge in [-0.25, -0.2) is 9.67 Å². The Balaban J connectivity index is 2.21. The number of halogens is 3. The van der Waals surface area contributed by atoms with Crippen LogP contribution >= 0.6 is 0 Å². The number of rotatable bonds is 4. The van der Waals surface area contributed by atoms with Crippen LogP contribution in [-0.4, -0.2) is 28.7 Å². The second-order valence-corrected chi connectivity index (χ2v) is 8.76. The lowest BCUT2D eigenvalue weighted by Gasteiger charge is -2.22. The fourth-order valence-electron chi connectivity index (χ4n) is 3.46. The van der Waals surface area contributed by atoms with Gasteiger partial charge in [0.2, 0.25) is 0 Å². The van der Waals surface area contributed by atoms with Crippen molar-refractivity contribution >= 4 is 21.2 Å². The summed E-state index contributed by atoms with van der Waals surface area (Å²) in [4.78, 5) is 4.45. The van der Waals surface area contributed by atoms with Crippen LogP contribution in [0.25, 0.3) is 11.0 Å². The highest BCUT2D eigenvalue weighted by Gasteiger charge is 2.49. The van der Waals surface area contributed by atoms with Gasteiger partial charge in [0.1, 0.15) is 0 Å². The Bertz CT molecular complexity index is 946. The smallest absolute Gasteiger partial charge is 0.375 e. The zero-order valence-corrected chi connectivity index (χ0v) is 16.2. The molecule has 10 heteroatoms. The molecule has 0 radical (unpaired) electrons. The molecule has 2 aromatic heterocycles. The lowest BCUT2D eigenvalue weighted by molar-refractivity contribution is -0.0499. The van der Waals surface area contributed by atoms with E-state index >= 15 is 0 Å². The maximum atomic E-state index is 12.8. The largest absolute Gasteiger partial charge is 0.534 e. The molecule has 6 nitrogen and oxygen atoms in total. The zero-order valence-electron chi connectivity index (χ0n) is 15.4. The summed E-state index contributed by atoms with van der Waals surface area (Å²) in [6, 6.07) is 1.31. The van der Waals surface area contributed by atoms with E-state index in [-0.39, 0.29) is 23.1 Å². The Morgan fingerprint density at radius 2 is 1.85 bits per heavy atom. The molecule has 0 spiro atoms. The Kier molecular flexibility index (Phi) is 5.13. The van der Waals surface area contributed by atoms with Gasteiger partial charge in [0.15, 0.2) is 11.4 Å². The lowest BCUT2D eigenvalue weighted by atomic mass is 9.96. The quantitative estimate of drug-likeness (QED) is 0.549. The molecule has 1 fully saturated rings. The van der Waals surface area contributed by atoms with Gasteiger partial charge in [-0.1, -0.05) is 33.1 Å². The molecule has 2 heterocycles. The molecule has 0 N–H and O–H groups in total. The van der Waals surface area contributed by atoms with E-state index in [1.165, 1.54) is 6.07 Å². The molecular weight excluding hydrogens is 383 g/mol. The van der Waals surface area contributed by atoms with E-state index in [0.29, 0.717) is 17.0 Å². The monoisotopic (exact) mass is 405 g/mol. The van der Waals surface area contributed by atoms with E-state index in [4.69, 9.17) is 0 Å². The summed E-state index contributed by atoms with van der Waals surface area (Å²) in [5, 5.41) is 4.84. The van der Waals surface area contributed by atoms with Gasteiger partial charge in [-0.2, -0.15) is 26.7 Å². The minimum Gasteiger partial charge on any atom is -0.375 e. The van der Waals surface area contributed by atoms with Gasteiger partial charge < -0.3 is 4.18 Å². The predicted octanol–water partition coefficient (Wildman–Crippen LogP) is 4.60. The van der Waals surface area contributed by atoms with Gasteiger partial charge >= 0.3 is 15.6 Å². The first kappa shape index (κ1) is 19.9. The standard InChI is InChI=1S/C17H22F3N3O3S/c1-10(2)15-14-13(26-27(24,25)17(18,19)20)9-11(3)21-16(14)23(22-15)12-7-5-4-6-8-12/h9-10,12H,4-8H2,1-3H3. The molecule has 1 aliphatic carbocycles. The van der Waals surface area contributed by atoms with E-state index < -0.39 is 15.6 Å². The van der Waals surface area contributed by atoms with E-state index in [1.807, 2.05) is 13.8 Å². The second-order valence-electron chi connectivity index (χ2n) is 7.22. The molecule has 0 aliphatic heterocycles. The van der Waals surface area contributed by atoms with Crippen LogP contribution in [-0.2, 0) is 10.1 Å². The van der Waals surface area contributed by atoms with E-state index in [0.717, 1.165) is 32.1 Å². The Morgan fingerprint density at radius 3 is 2.41 bits per heavy atom. The maximum absolute atomic E-state index is 12.8. The number of pyridine rings is 1. The van der Waals surface area contributed by atoms with Gasteiger partial charge in [-0.15, -0.1) is 0 Å². The SMILES string of the molecule is Cc1cc(OS(=O)(=O)C(F)(F)F)c2c(C(C)C)nn(C3CCCCC3)c2n1. The molecule has 1 saturated carbocycles. The second kappa shape index (κ2) is 6.96. The van der Waals surface area contributed by atoms with Crippen molar-refractivity contribution in [2.45, 2.75) is 70.3 Å². The molecule has 0 amide bonds. The average Bonchev–Trinajstić information content (AvgIpc) is 2.94. The van der Waals surface area contributed by atoms with E-state index in [9.17, 15) is 21.6 Å². The summed E-state index contributed by atoms with van der Waals surface area (Å²) in [7, 11) is -5.78. The summed E-state index contributed by atoms with van der Waals surface area (Å²) in [6.07, 6.45) is 5.03. The molecule has 3 rings (SSSR count). The summed E-state index contributed by atoms with van der Waals surface area (Å²) >= 11 is 0. The van der Waals surface area contributed by atoms with Crippen molar-refractivity contribution in [1.29, 1.82) is 0 Å². The van der Waals surface area contributed by atoms with Gasteiger partial charge in [-0.3, -0.25) is 0 Å². The van der Waals surface area contributed by atoms with Crippen molar-refractivity contribution in [1.82, 2.24) is 14.8 Å². The summed E-state index contributed by atoms with van der Waals surface area (Å²) in [5.41, 5.74) is -4.29. The number of hydrogen-bond acceptors (Lipinski definition) is 5. The Hall–Kier alpha value is -1.84. The molecule has 0 unspecified atom stereocenters. The summed E-state index contributed by atoms with van der Waals surface area (Å²) in [5.74, 6) is -0.515. The highest BCUT2D eigenvalue weighted by Crippen LogP contribution is 2.38. The predicted molar refractivity (Wildman–Crippen MR) is 94.1 cm³/mol. The first-order valence-corrected chi connectivity index (χ1v) is 10.3. The zero-order chi connectivity index (χ0) is 20.0. The summed E-state index contributed by atoms with van der Waals surface area (Å²) in [6.45, 7) is 5.27. The van der Waals surface area contributed by atoms with Crippen LogP contribution in [0.4, 0.5) is 13.2 Å². The van der Waals surface area contributed by atoms with Crippen molar-refractivity contribution in [3.63, 3.8) is 0 Å². The number of alkyl halides is 3. The summed E-state index contributed by atoms with van der Waals surface area (Å²) < 4.78 is 67.9. The molecular formula is C17H22F3N3O3S. The van der Waals surface area contributed by atoms with Crippen LogP contribution in [0.2, 0.25) is 0 Å². The topological polar surface area (TPSA) is 74.1 Å². The van der Waals surface area contributed by atoms with Crippen LogP contribution in [0.15, 0.2) is 6.07 Å². The number of fused-ring (bicyclic) bond motifs is 1. The van der Waals surface area contributed by atoms with Crippen molar-refractivity contribution in [2.24, 2.45) is 0 Å². The maximum Gasteiger partial charge on any atom is 0.534 e. The number of aromatic nitrogens is 3. The van der Waals surface area contributed by atoms with Crippen LogP contribution in [0.3, 0.4) is 0 Å². The van der Waals surface area contributed by atoms with E-state index in [1.54, 1.807) is 11.6 Å². The average molecular weight is 405 g/mol. The molecule has 2 aromatic rings. The van der Waals surface area contributed by atoms with Crippen LogP contribution in [0.1, 0.15) is 69.3 Å². The molecule has 0 aromatic carbocycles. The first-order valence-electron chi connectivity index (χ1n) is 8.92. The number of nitrogens with zero attached hydrogens (tertiary/aromatic N) is 3. The van der Waals surface area contributed by atoms with Crippen molar-refractivity contribution in [3.05, 3.63) is 17.5 Å². The van der Waals surface area contributed by atoms with Gasteiger partial charge in [-0.05, 0) is 25.7 Å². The van der Waals surface area contributed by atoms with Crippen molar-refractivity contribution in [2.75, 3.05) is 0 Å². The number of aryl methyl sites for hydroxylation is 1. The van der Waals surface area contributed by atoms with Crippen LogP contribution in [0, 0.1) is 6.92 Å². The normalized spacial score (nSPS) is 17.0. The minimum atomic E-state index is -5.78. The molecule has 150 valence electrons. The highest BCUT2D eigenvalue weighted by atomic mass is 32.2. The lowest BCUT2D eigenvalue weighted by Crippen LogP contribution is -2.28. The minimum absolute atomic E-state index is 0.0927. The highest BCUT2D eigenvalue weighted by molar-refractivity contribution is 7.88. The fourth-order valence-corrected chi connectivity index (χ4v) is 3.93. The number of hydrogen-bond donors (Lipinski definition) is 0. The van der Waals surface area contributed by atoms with Crippen molar-refractivity contribution < 1.29 is 25.8 Å². The fraction of sp³-hybridized carbons (Fsp3) is 0.647. The third-order valence-electron chi connectivity index (χ3n) is 4.73. The van der Waals surface area contributed by atoms with Gasteiger partial charge in [0, 0.05) is 11.8 Å². The van der Waals surface area contributed by atoms with E-state index in [2.05, 4.69) is 14.3 Å². The van der Waals surface area contributed by atoms with Crippen molar-refractivity contribution in [3.8, 4) is 5.75 Å². The Morgan fingerprint density at radius 1 is 1.22 bits per heavy atom. The molecule has 27 heavy (non-hydrogen) atoms. The van der Waals surface area contributed by atoms with Gasteiger partial charge in [0.25, 0.3) is 0 Å². The Labute approximate surface area is 155 Å². The van der Waals surface area contributed by atoms with Crippen LogP contribution < -0.4 is 4.18 Å². The van der Waals surface area contributed by atoms with Gasteiger partial charge in [0.05, 0.1) is 17.1 Å². The molecule has 0 atom stereocenters.